The average Bonchev–Trinajstić information content (AvgIpc) is 3.96. The lowest BCUT2D eigenvalue weighted by Crippen LogP contribution is -2.36. The van der Waals surface area contributed by atoms with Crippen LogP contribution in [0.5, 0.6) is 11.5 Å². The number of Topliss-reactive ketones (excluding diaryl/α,β-unsaturated/α-hetero) is 1. The van der Waals surface area contributed by atoms with Crippen LogP contribution in [0, 0.1) is 5.92 Å². The van der Waals surface area contributed by atoms with Crippen LogP contribution in [0.4, 0.5) is 14.5 Å². The minimum Gasteiger partial charge on any atom is -0.489 e. The van der Waals surface area contributed by atoms with Crippen LogP contribution < -0.4 is 13.8 Å². The molecule has 1 aliphatic heterocycles. The number of alkyl halides is 2. The number of ether oxygens (including phenoxy) is 3. The fourth-order valence-electron chi connectivity index (χ4n) is 5.58. The van der Waals surface area contributed by atoms with Crippen molar-refractivity contribution in [2.24, 2.45) is 5.92 Å². The minimum absolute atomic E-state index is 0.0216. The van der Waals surface area contributed by atoms with Gasteiger partial charge in [-0.2, -0.15) is 8.78 Å². The first-order valence-electron chi connectivity index (χ1n) is 16.8. The van der Waals surface area contributed by atoms with Gasteiger partial charge in [-0.05, 0) is 79.3 Å². The Kier molecular flexibility index (Phi) is 13.1. The van der Waals surface area contributed by atoms with E-state index in [1.54, 1.807) is 25.1 Å². The molecule has 1 aromatic heterocycles. The molecule has 0 N–H and O–H groups in total. The number of halogens is 4. The van der Waals surface area contributed by atoms with Crippen molar-refractivity contribution < 1.29 is 50.6 Å². The van der Waals surface area contributed by atoms with Gasteiger partial charge >= 0.3 is 12.6 Å². The van der Waals surface area contributed by atoms with Gasteiger partial charge in [-0.3, -0.25) is 33.4 Å². The summed E-state index contributed by atoms with van der Waals surface area (Å²) in [6.45, 7) is 0.923. The average molecular weight is 819 g/mol. The molecule has 1 atom stereocenters. The third-order valence-corrected chi connectivity index (χ3v) is 10.5. The Balaban J connectivity index is 1.41. The molecule has 1 fully saturated rings. The first-order chi connectivity index (χ1) is 26.1. The number of carbonyl (C=O) groups is 4. The molecule has 2 aliphatic rings. The van der Waals surface area contributed by atoms with E-state index in [0.29, 0.717) is 10.5 Å². The number of hydrogen-bond donors (Lipinski definition) is 0. The van der Waals surface area contributed by atoms with Crippen molar-refractivity contribution in [1.29, 1.82) is 0 Å². The van der Waals surface area contributed by atoms with E-state index in [4.69, 9.17) is 32.7 Å². The zero-order valence-corrected chi connectivity index (χ0v) is 31.9. The van der Waals surface area contributed by atoms with Crippen LogP contribution in [-0.4, -0.2) is 74.4 Å². The van der Waals surface area contributed by atoms with Crippen molar-refractivity contribution in [3.8, 4) is 11.5 Å². The number of aromatic nitrogens is 1. The van der Waals surface area contributed by atoms with Crippen LogP contribution in [0.2, 0.25) is 0 Å². The predicted octanol–water partition coefficient (Wildman–Crippen LogP) is 7.21. The summed E-state index contributed by atoms with van der Waals surface area (Å²) in [6, 6.07) is 12.2. The number of amides is 2. The first-order valence-corrected chi connectivity index (χ1v) is 19.4. The van der Waals surface area contributed by atoms with Crippen LogP contribution in [0.3, 0.4) is 0 Å². The molecule has 2 heterocycles. The molecule has 5 rings (SSSR count). The molecule has 0 bridgehead atoms. The van der Waals surface area contributed by atoms with Crippen molar-refractivity contribution in [1.82, 2.24) is 9.88 Å². The molecular formula is C38H35Cl2F2N3O9S. The standard InChI is InChI=1S/C38H35Cl2F2N3O9S/c1-4-28(39)27(29(40)5-2)18-33(23-11-14-32(54-38(41)42)34(16-23)52-21-22-9-10-22)53-35(47)20-44-36(48)25-13-12-24(17-26(25)37(44)49)45(55(3,50)51)19-31(46)30-8-6-7-15-43-30/h4-8,11-17,22,33,38H,1,9-10,18-21H2,2-3H3/b28-27+,29-5+/t33-/m0/s1. The van der Waals surface area contributed by atoms with E-state index in [-0.39, 0.29) is 68.6 Å². The summed E-state index contributed by atoms with van der Waals surface area (Å²) in [6.07, 6.45) is 5.62. The number of fused-ring (bicyclic) bond motifs is 1. The van der Waals surface area contributed by atoms with Crippen molar-refractivity contribution in [3.05, 3.63) is 118 Å². The Morgan fingerprint density at radius 2 is 1.78 bits per heavy atom. The highest BCUT2D eigenvalue weighted by Gasteiger charge is 2.39. The van der Waals surface area contributed by atoms with E-state index in [1.165, 1.54) is 48.7 Å². The van der Waals surface area contributed by atoms with Crippen molar-refractivity contribution in [2.75, 3.05) is 30.3 Å². The number of carbonyl (C=O) groups excluding carboxylic acids is 4. The van der Waals surface area contributed by atoms with E-state index in [1.807, 2.05) is 0 Å². The summed E-state index contributed by atoms with van der Waals surface area (Å²) in [7, 11) is -4.07. The number of sulfonamides is 1. The molecule has 2 aromatic carbocycles. The highest BCUT2D eigenvalue weighted by atomic mass is 35.5. The molecule has 1 aliphatic carbocycles. The molecule has 290 valence electrons. The number of nitrogens with zero attached hydrogens (tertiary/aromatic N) is 3. The van der Waals surface area contributed by atoms with Crippen molar-refractivity contribution >= 4 is 62.5 Å². The second-order valence-corrected chi connectivity index (χ2v) is 15.2. The summed E-state index contributed by atoms with van der Waals surface area (Å²) < 4.78 is 69.2. The first kappa shape index (κ1) is 41.1. The van der Waals surface area contributed by atoms with Crippen LogP contribution in [0.25, 0.3) is 0 Å². The van der Waals surface area contributed by atoms with Gasteiger partial charge in [0, 0.05) is 22.7 Å². The summed E-state index contributed by atoms with van der Waals surface area (Å²) in [5.74, 6) is -3.44. The maximum Gasteiger partial charge on any atom is 0.387 e. The van der Waals surface area contributed by atoms with Crippen molar-refractivity contribution in [3.63, 3.8) is 0 Å². The normalized spacial score (nSPS) is 15.3. The number of anilines is 1. The molecule has 1 saturated carbocycles. The third-order valence-electron chi connectivity index (χ3n) is 8.57. The molecule has 0 radical (unpaired) electrons. The van der Waals surface area contributed by atoms with Crippen LogP contribution in [0.15, 0.2) is 95.2 Å². The lowest BCUT2D eigenvalue weighted by molar-refractivity contribution is -0.149. The second kappa shape index (κ2) is 17.6. The molecule has 12 nitrogen and oxygen atoms in total. The number of benzene rings is 2. The number of esters is 1. The van der Waals surface area contributed by atoms with Gasteiger partial charge in [-0.25, -0.2) is 8.42 Å². The SMILES string of the molecule is C=C/C(Cl)=C(C[C@H](OC(=O)CN1C(=O)c2ccc(N(CC(=O)c3ccccn3)S(C)(=O)=O)cc2C1=O)c1ccc(OC(F)F)c(OCC2CC2)c1)\C(Cl)=C/C. The van der Waals surface area contributed by atoms with Crippen molar-refractivity contribution in [2.45, 2.75) is 38.9 Å². The molecule has 0 saturated heterocycles. The van der Waals surface area contributed by atoms with E-state index in [9.17, 15) is 36.4 Å². The van der Waals surface area contributed by atoms with Crippen LogP contribution in [0.1, 0.15) is 69.1 Å². The number of hydrogen-bond acceptors (Lipinski definition) is 10. The smallest absolute Gasteiger partial charge is 0.387 e. The quantitative estimate of drug-likeness (QED) is 0.0558. The minimum atomic E-state index is -4.07. The fraction of sp³-hybridized carbons (Fsp3) is 0.289. The Morgan fingerprint density at radius 1 is 1.05 bits per heavy atom. The van der Waals surface area contributed by atoms with E-state index < -0.39 is 59.4 Å². The topological polar surface area (TPSA) is 149 Å². The Morgan fingerprint density at radius 3 is 2.40 bits per heavy atom. The van der Waals surface area contributed by atoms with E-state index >= 15 is 0 Å². The number of pyridine rings is 1. The van der Waals surface area contributed by atoms with Gasteiger partial charge in [0.15, 0.2) is 11.5 Å². The van der Waals surface area contributed by atoms with Gasteiger partial charge in [-0.1, -0.05) is 54.1 Å². The summed E-state index contributed by atoms with van der Waals surface area (Å²) in [5.41, 5.74) is 0.207. The maximum absolute atomic E-state index is 13.6. The monoisotopic (exact) mass is 817 g/mol. The molecule has 0 unspecified atom stereocenters. The summed E-state index contributed by atoms with van der Waals surface area (Å²) in [5, 5.41) is 0.336. The van der Waals surface area contributed by atoms with E-state index in [2.05, 4.69) is 16.3 Å². The third kappa shape index (κ3) is 10.1. The zero-order valence-electron chi connectivity index (χ0n) is 29.5. The van der Waals surface area contributed by atoms with Crippen LogP contribution in [-0.2, 0) is 19.6 Å². The second-order valence-electron chi connectivity index (χ2n) is 12.5. The van der Waals surface area contributed by atoms with Gasteiger partial charge < -0.3 is 14.2 Å². The van der Waals surface area contributed by atoms with Gasteiger partial charge in [0.05, 0.1) is 36.2 Å². The summed E-state index contributed by atoms with van der Waals surface area (Å²) in [4.78, 5) is 58.1. The largest absolute Gasteiger partial charge is 0.489 e. The van der Waals surface area contributed by atoms with Gasteiger partial charge in [0.25, 0.3) is 11.8 Å². The lowest BCUT2D eigenvalue weighted by atomic mass is 9.99. The van der Waals surface area contributed by atoms with Crippen LogP contribution >= 0.6 is 23.2 Å². The molecule has 17 heteroatoms. The van der Waals surface area contributed by atoms with Gasteiger partial charge in [0.1, 0.15) is 18.3 Å². The Hall–Kier alpha value is -5.12. The molecule has 55 heavy (non-hydrogen) atoms. The molecule has 2 amide bonds. The Bertz CT molecular complexity index is 2180. The number of allylic oxidation sites excluding steroid dienone is 4. The highest BCUT2D eigenvalue weighted by molar-refractivity contribution is 7.92. The van der Waals surface area contributed by atoms with Gasteiger partial charge in [0.2, 0.25) is 15.8 Å². The number of ketones is 1. The molecular weight excluding hydrogens is 783 g/mol. The summed E-state index contributed by atoms with van der Waals surface area (Å²) >= 11 is 12.9. The maximum atomic E-state index is 13.6. The number of imide groups is 1. The predicted molar refractivity (Wildman–Crippen MR) is 200 cm³/mol. The number of rotatable bonds is 18. The zero-order chi connectivity index (χ0) is 40.0. The Labute approximate surface area is 326 Å². The fourth-order valence-corrected chi connectivity index (χ4v) is 6.84. The van der Waals surface area contributed by atoms with E-state index in [0.717, 1.165) is 29.5 Å². The molecule has 3 aromatic rings. The highest BCUT2D eigenvalue weighted by Crippen LogP contribution is 2.39. The molecule has 0 spiro atoms. The lowest BCUT2D eigenvalue weighted by Gasteiger charge is -2.23. The van der Waals surface area contributed by atoms with Gasteiger partial charge in [-0.15, -0.1) is 0 Å².